The Balaban J connectivity index is 2.37. The summed E-state index contributed by atoms with van der Waals surface area (Å²) in [7, 11) is 0. The molecule has 1 rings (SSSR count). The molecule has 0 aliphatic heterocycles. The van der Waals surface area contributed by atoms with Crippen molar-refractivity contribution in [3.63, 3.8) is 0 Å². The molecule has 0 spiro atoms. The quantitative estimate of drug-likeness (QED) is 0.546. The number of aliphatic carboxylic acids is 1. The average molecular weight is 229 g/mol. The van der Waals surface area contributed by atoms with Crippen molar-refractivity contribution in [1.82, 2.24) is 0 Å². The molecule has 88 valence electrons. The second-order valence-electron chi connectivity index (χ2n) is 3.47. The first-order valence-corrected chi connectivity index (χ1v) is 5.31. The van der Waals surface area contributed by atoms with Crippen molar-refractivity contribution in [1.29, 1.82) is 0 Å². The lowest BCUT2D eigenvalue weighted by molar-refractivity contribution is -0.305. The Morgan fingerprint density at radius 2 is 1.76 bits per heavy atom. The first-order valence-electron chi connectivity index (χ1n) is 5.31. The highest BCUT2D eigenvalue weighted by Gasteiger charge is 1.95. The molecule has 0 amide bonds. The number of carboxylic acids is 1. The van der Waals surface area contributed by atoms with Crippen molar-refractivity contribution >= 4 is 17.8 Å². The summed E-state index contributed by atoms with van der Waals surface area (Å²) in [5, 5.41) is 10.1. The van der Waals surface area contributed by atoms with Crippen molar-refractivity contribution in [3.05, 3.63) is 54.1 Å². The van der Waals surface area contributed by atoms with Gasteiger partial charge in [-0.05, 0) is 18.1 Å². The van der Waals surface area contributed by atoms with Crippen molar-refractivity contribution in [2.45, 2.75) is 12.8 Å². The number of ketones is 1. The molecule has 0 bridgehead atoms. The van der Waals surface area contributed by atoms with Crippen LogP contribution in [0.15, 0.2) is 48.6 Å². The highest BCUT2D eigenvalue weighted by molar-refractivity contribution is 5.91. The lowest BCUT2D eigenvalue weighted by Crippen LogP contribution is -2.22. The van der Waals surface area contributed by atoms with E-state index >= 15 is 0 Å². The third kappa shape index (κ3) is 6.10. The van der Waals surface area contributed by atoms with E-state index in [1.165, 1.54) is 6.08 Å². The Morgan fingerprint density at radius 3 is 2.41 bits per heavy atom. The summed E-state index contributed by atoms with van der Waals surface area (Å²) >= 11 is 0. The topological polar surface area (TPSA) is 57.2 Å². The molecule has 0 saturated carbocycles. The van der Waals surface area contributed by atoms with E-state index in [1.807, 2.05) is 36.4 Å². The largest absolute Gasteiger partial charge is 0.550 e. The van der Waals surface area contributed by atoms with Crippen molar-refractivity contribution in [3.8, 4) is 0 Å². The van der Waals surface area contributed by atoms with E-state index in [0.717, 1.165) is 5.56 Å². The minimum Gasteiger partial charge on any atom is -0.550 e. The predicted molar refractivity (Wildman–Crippen MR) is 63.9 cm³/mol. The second kappa shape index (κ2) is 7.17. The third-order valence-electron chi connectivity index (χ3n) is 2.06. The maximum Gasteiger partial charge on any atom is 0.156 e. The van der Waals surface area contributed by atoms with Crippen LogP contribution in [0, 0.1) is 0 Å². The molecule has 0 atom stereocenters. The molecule has 0 saturated heterocycles. The fourth-order valence-electron chi connectivity index (χ4n) is 1.20. The Bertz CT molecular complexity index is 430. The zero-order valence-electron chi connectivity index (χ0n) is 9.34. The van der Waals surface area contributed by atoms with Crippen LogP contribution in [-0.4, -0.2) is 11.8 Å². The van der Waals surface area contributed by atoms with Crippen molar-refractivity contribution in [2.24, 2.45) is 0 Å². The van der Waals surface area contributed by atoms with Crippen LogP contribution in [0.3, 0.4) is 0 Å². The molecule has 0 radical (unpaired) electrons. The van der Waals surface area contributed by atoms with E-state index in [4.69, 9.17) is 0 Å². The number of carbonyl (C=O) groups is 2. The number of carbonyl (C=O) groups excluding carboxylic acids is 2. The molecular formula is C14H13O3-. The normalized spacial score (nSPS) is 11.1. The molecule has 1 aromatic carbocycles. The van der Waals surface area contributed by atoms with Crippen LogP contribution >= 0.6 is 0 Å². The summed E-state index contributed by atoms with van der Waals surface area (Å²) in [5.74, 6) is -1.42. The second-order valence-corrected chi connectivity index (χ2v) is 3.47. The van der Waals surface area contributed by atoms with Gasteiger partial charge in [-0.3, -0.25) is 4.79 Å². The monoisotopic (exact) mass is 229 g/mol. The molecule has 3 heteroatoms. The van der Waals surface area contributed by atoms with Gasteiger partial charge in [-0.1, -0.05) is 48.6 Å². The smallest absolute Gasteiger partial charge is 0.156 e. The molecule has 0 aliphatic rings. The number of rotatable bonds is 6. The lowest BCUT2D eigenvalue weighted by Gasteiger charge is -1.96. The molecule has 1 aromatic rings. The highest BCUT2D eigenvalue weighted by atomic mass is 16.4. The Hall–Kier alpha value is -2.16. The van der Waals surface area contributed by atoms with Gasteiger partial charge in [0.1, 0.15) is 0 Å². The van der Waals surface area contributed by atoms with Crippen LogP contribution < -0.4 is 5.11 Å². The van der Waals surface area contributed by atoms with Gasteiger partial charge in [0, 0.05) is 12.4 Å². The molecule has 0 fully saturated rings. The van der Waals surface area contributed by atoms with E-state index < -0.39 is 5.97 Å². The van der Waals surface area contributed by atoms with Crippen LogP contribution in [-0.2, 0) is 9.59 Å². The summed E-state index contributed by atoms with van der Waals surface area (Å²) in [6, 6.07) is 9.67. The standard InChI is InChI=1S/C14H14O3/c15-13(10-11-14(16)17)9-5-4-8-12-6-2-1-3-7-12/h1-9H,10-11H2,(H,16,17)/p-1/b8-4+,9-5+. The number of hydrogen-bond donors (Lipinski definition) is 0. The van der Waals surface area contributed by atoms with Crippen LogP contribution in [0.1, 0.15) is 18.4 Å². The molecular weight excluding hydrogens is 216 g/mol. The van der Waals surface area contributed by atoms with E-state index in [-0.39, 0.29) is 18.6 Å². The molecule has 17 heavy (non-hydrogen) atoms. The zero-order valence-corrected chi connectivity index (χ0v) is 9.34. The van der Waals surface area contributed by atoms with Gasteiger partial charge < -0.3 is 9.90 Å². The SMILES string of the molecule is O=C([O-])CCC(=O)/C=C/C=C/c1ccccc1. The first-order chi connectivity index (χ1) is 8.18. The fourth-order valence-corrected chi connectivity index (χ4v) is 1.20. The minimum absolute atomic E-state index is 0.0159. The van der Waals surface area contributed by atoms with E-state index in [0.29, 0.717) is 0 Å². The number of carboxylic acid groups (broad SMARTS) is 1. The van der Waals surface area contributed by atoms with Gasteiger partial charge >= 0.3 is 0 Å². The molecule has 0 heterocycles. The zero-order chi connectivity index (χ0) is 12.5. The maximum atomic E-state index is 11.1. The van der Waals surface area contributed by atoms with Crippen LogP contribution in [0.2, 0.25) is 0 Å². The number of benzene rings is 1. The number of hydrogen-bond acceptors (Lipinski definition) is 3. The average Bonchev–Trinajstić information content (AvgIpc) is 2.33. The van der Waals surface area contributed by atoms with Gasteiger partial charge in [0.25, 0.3) is 0 Å². The van der Waals surface area contributed by atoms with Crippen LogP contribution in [0.4, 0.5) is 0 Å². The molecule has 0 aromatic heterocycles. The van der Waals surface area contributed by atoms with Gasteiger partial charge in [-0.25, -0.2) is 0 Å². The van der Waals surface area contributed by atoms with Crippen LogP contribution in [0.5, 0.6) is 0 Å². The molecule has 0 unspecified atom stereocenters. The Morgan fingerprint density at radius 1 is 1.06 bits per heavy atom. The van der Waals surface area contributed by atoms with Crippen molar-refractivity contribution < 1.29 is 14.7 Å². The summed E-state index contributed by atoms with van der Waals surface area (Å²) in [6.07, 6.45) is 6.32. The Kier molecular flexibility index (Phi) is 5.44. The van der Waals surface area contributed by atoms with E-state index in [2.05, 4.69) is 0 Å². The van der Waals surface area contributed by atoms with E-state index in [1.54, 1.807) is 12.2 Å². The predicted octanol–water partition coefficient (Wildman–Crippen LogP) is 1.36. The lowest BCUT2D eigenvalue weighted by atomic mass is 10.2. The Labute approximate surface area is 100 Å². The summed E-state index contributed by atoms with van der Waals surface area (Å²) in [4.78, 5) is 21.3. The van der Waals surface area contributed by atoms with Gasteiger partial charge in [0.2, 0.25) is 0 Å². The molecule has 3 nitrogen and oxygen atoms in total. The first kappa shape index (κ1) is 12.9. The highest BCUT2D eigenvalue weighted by Crippen LogP contribution is 2.01. The third-order valence-corrected chi connectivity index (χ3v) is 2.06. The van der Waals surface area contributed by atoms with Gasteiger partial charge in [0.15, 0.2) is 5.78 Å². The summed E-state index contributed by atoms with van der Waals surface area (Å²) in [5.41, 5.74) is 1.04. The van der Waals surface area contributed by atoms with Gasteiger partial charge in [0.05, 0.1) is 0 Å². The fraction of sp³-hybridized carbons (Fsp3) is 0.143. The van der Waals surface area contributed by atoms with Gasteiger partial charge in [-0.2, -0.15) is 0 Å². The minimum atomic E-state index is -1.20. The van der Waals surface area contributed by atoms with Crippen LogP contribution in [0.25, 0.3) is 6.08 Å². The molecule has 0 N–H and O–H groups in total. The van der Waals surface area contributed by atoms with Gasteiger partial charge in [-0.15, -0.1) is 0 Å². The van der Waals surface area contributed by atoms with E-state index in [9.17, 15) is 14.7 Å². The maximum absolute atomic E-state index is 11.1. The molecule has 0 aliphatic carbocycles. The number of allylic oxidation sites excluding steroid dienone is 3. The summed E-state index contributed by atoms with van der Waals surface area (Å²) < 4.78 is 0. The summed E-state index contributed by atoms with van der Waals surface area (Å²) in [6.45, 7) is 0. The van der Waals surface area contributed by atoms with Crippen molar-refractivity contribution in [2.75, 3.05) is 0 Å².